The first-order valence-corrected chi connectivity index (χ1v) is 5.96. The van der Waals surface area contributed by atoms with Crippen LogP contribution in [0.3, 0.4) is 0 Å². The predicted octanol–water partition coefficient (Wildman–Crippen LogP) is 3.97. The Hall–Kier alpha value is -2.38. The summed E-state index contributed by atoms with van der Waals surface area (Å²) in [6.45, 7) is 1.80. The molecule has 0 aliphatic heterocycles. The van der Waals surface area contributed by atoms with Gasteiger partial charge in [-0.2, -0.15) is 0 Å². The van der Waals surface area contributed by atoms with Crippen LogP contribution in [0.5, 0.6) is 0 Å². The molecule has 8 heteroatoms. The quantitative estimate of drug-likeness (QED) is 0.361. The highest BCUT2D eigenvalue weighted by Crippen LogP contribution is 2.41. The molecule has 2 aromatic rings. The molecular weight excluding hydrogens is 310 g/mol. The zero-order valence-electron chi connectivity index (χ0n) is 11.4. The van der Waals surface area contributed by atoms with Gasteiger partial charge in [-0.1, -0.05) is 0 Å². The van der Waals surface area contributed by atoms with Gasteiger partial charge in [0.05, 0.1) is 16.9 Å². The number of hydrogen-bond acceptors (Lipinski definition) is 2. The molecule has 0 unspecified atom stereocenters. The first-order chi connectivity index (χ1) is 10.1. The average Bonchev–Trinajstić information content (AvgIpc) is 2.50. The van der Waals surface area contributed by atoms with Crippen molar-refractivity contribution in [2.24, 2.45) is 0 Å². The van der Waals surface area contributed by atoms with E-state index in [0.717, 1.165) is 13.8 Å². The number of nitrogens with two attached hydrogens (primary N) is 2. The zero-order valence-corrected chi connectivity index (χ0v) is 11.4. The molecule has 0 amide bonds. The minimum Gasteiger partial charge on any atom is -0.396 e. The lowest BCUT2D eigenvalue weighted by Crippen LogP contribution is -2.10. The first kappa shape index (κ1) is 16.0. The van der Waals surface area contributed by atoms with E-state index in [1.807, 2.05) is 0 Å². The van der Waals surface area contributed by atoms with Gasteiger partial charge in [-0.05, 0) is 13.8 Å². The fourth-order valence-electron chi connectivity index (χ4n) is 2.07. The Morgan fingerprint density at radius 1 is 0.500 bits per heavy atom. The summed E-state index contributed by atoms with van der Waals surface area (Å²) in [5.41, 5.74) is 5.48. The molecule has 0 atom stereocenters. The van der Waals surface area contributed by atoms with Gasteiger partial charge >= 0.3 is 0 Å². The van der Waals surface area contributed by atoms with Crippen LogP contribution in [0.4, 0.5) is 37.7 Å². The van der Waals surface area contributed by atoms with Crippen molar-refractivity contribution in [3.05, 3.63) is 46.0 Å². The van der Waals surface area contributed by atoms with Crippen LogP contribution in [0.2, 0.25) is 0 Å². The lowest BCUT2D eigenvalue weighted by Gasteiger charge is -2.16. The number of hydrogen-bond donors (Lipinski definition) is 2. The third-order valence-corrected chi connectivity index (χ3v) is 3.41. The normalized spacial score (nSPS) is 11.1. The minimum absolute atomic E-state index is 0.650. The number of nitrogen functional groups attached to an aromatic ring is 2. The van der Waals surface area contributed by atoms with Gasteiger partial charge in [0.25, 0.3) is 0 Å². The van der Waals surface area contributed by atoms with Gasteiger partial charge in [0.2, 0.25) is 0 Å². The molecule has 22 heavy (non-hydrogen) atoms. The molecule has 0 aromatic heterocycles. The molecule has 2 nitrogen and oxygen atoms in total. The van der Waals surface area contributed by atoms with Crippen LogP contribution in [0.15, 0.2) is 0 Å². The van der Waals surface area contributed by atoms with Crippen LogP contribution < -0.4 is 11.5 Å². The summed E-state index contributed by atoms with van der Waals surface area (Å²) in [6, 6.07) is 0. The molecule has 0 aliphatic carbocycles. The number of anilines is 2. The highest BCUT2D eigenvalue weighted by atomic mass is 19.2. The largest absolute Gasteiger partial charge is 0.396 e. The van der Waals surface area contributed by atoms with Gasteiger partial charge in [-0.3, -0.25) is 0 Å². The third kappa shape index (κ3) is 1.98. The molecule has 0 saturated carbocycles. The lowest BCUT2D eigenvalue weighted by molar-refractivity contribution is 0.431. The Morgan fingerprint density at radius 3 is 1.50 bits per heavy atom. The van der Waals surface area contributed by atoms with E-state index in [-0.39, 0.29) is 0 Å². The van der Waals surface area contributed by atoms with E-state index in [1.54, 1.807) is 0 Å². The van der Waals surface area contributed by atoms with Gasteiger partial charge in [0.15, 0.2) is 23.3 Å². The predicted molar refractivity (Wildman–Crippen MR) is 69.9 cm³/mol. The van der Waals surface area contributed by atoms with E-state index in [4.69, 9.17) is 11.5 Å². The van der Waals surface area contributed by atoms with Crippen LogP contribution in [-0.4, -0.2) is 0 Å². The topological polar surface area (TPSA) is 52.0 Å². The minimum atomic E-state index is -1.99. The average molecular weight is 320 g/mol. The molecule has 0 fully saturated rings. The maximum absolute atomic E-state index is 14.2. The Balaban J connectivity index is 3.03. The van der Waals surface area contributed by atoms with E-state index < -0.39 is 68.5 Å². The Labute approximate surface area is 121 Å². The molecule has 0 spiro atoms. The van der Waals surface area contributed by atoms with Crippen molar-refractivity contribution in [2.75, 3.05) is 11.5 Å². The summed E-state index contributed by atoms with van der Waals surface area (Å²) < 4.78 is 82.6. The Morgan fingerprint density at radius 2 is 0.955 bits per heavy atom. The Bertz CT molecular complexity index is 675. The van der Waals surface area contributed by atoms with Crippen molar-refractivity contribution < 1.29 is 26.3 Å². The lowest BCUT2D eigenvalue weighted by atomic mass is 9.95. The van der Waals surface area contributed by atoms with E-state index in [0.29, 0.717) is 0 Å². The third-order valence-electron chi connectivity index (χ3n) is 3.41. The number of benzene rings is 2. The fraction of sp³-hybridized carbons (Fsp3) is 0.143. The first-order valence-electron chi connectivity index (χ1n) is 5.96. The molecule has 4 N–H and O–H groups in total. The van der Waals surface area contributed by atoms with Crippen molar-refractivity contribution in [3.63, 3.8) is 0 Å². The summed E-state index contributed by atoms with van der Waals surface area (Å²) in [5.74, 6) is -9.87. The molecule has 0 radical (unpaired) electrons. The van der Waals surface area contributed by atoms with E-state index in [9.17, 15) is 26.3 Å². The number of rotatable bonds is 1. The number of halogens is 6. The van der Waals surface area contributed by atoms with Crippen molar-refractivity contribution in [1.82, 2.24) is 0 Å². The maximum Gasteiger partial charge on any atom is 0.195 e. The van der Waals surface area contributed by atoms with Crippen molar-refractivity contribution in [1.29, 1.82) is 0 Å². The molecule has 0 aliphatic rings. The second-order valence-electron chi connectivity index (χ2n) is 4.71. The van der Waals surface area contributed by atoms with E-state index in [2.05, 4.69) is 0 Å². The highest BCUT2D eigenvalue weighted by Gasteiger charge is 2.30. The smallest absolute Gasteiger partial charge is 0.195 e. The Kier molecular flexibility index (Phi) is 3.72. The fourth-order valence-corrected chi connectivity index (χ4v) is 2.07. The summed E-state index contributed by atoms with van der Waals surface area (Å²) in [6.07, 6.45) is 0. The van der Waals surface area contributed by atoms with Gasteiger partial charge in [0, 0.05) is 16.7 Å². The standard InChI is InChI=1S/C14H10F6N2/c1-3-7(15)5(11(19)12(20)9(3)17)6-8(16)4(2)10(18)14(22)13(6)21/h21-22H2,1-2H3. The van der Waals surface area contributed by atoms with E-state index >= 15 is 0 Å². The molecule has 2 rings (SSSR count). The van der Waals surface area contributed by atoms with Gasteiger partial charge in [-0.15, -0.1) is 0 Å². The molecular formula is C14H10F6N2. The molecule has 2 aromatic carbocycles. The van der Waals surface area contributed by atoms with Crippen LogP contribution in [-0.2, 0) is 0 Å². The summed E-state index contributed by atoms with van der Waals surface area (Å²) >= 11 is 0. The second kappa shape index (κ2) is 5.11. The zero-order chi connectivity index (χ0) is 16.9. The van der Waals surface area contributed by atoms with Crippen molar-refractivity contribution >= 4 is 11.4 Å². The van der Waals surface area contributed by atoms with Crippen LogP contribution in [0.1, 0.15) is 11.1 Å². The van der Waals surface area contributed by atoms with Crippen LogP contribution in [0.25, 0.3) is 11.1 Å². The van der Waals surface area contributed by atoms with Gasteiger partial charge < -0.3 is 11.5 Å². The summed E-state index contributed by atoms with van der Waals surface area (Å²) in [5, 5.41) is 0. The van der Waals surface area contributed by atoms with Gasteiger partial charge in [0.1, 0.15) is 11.6 Å². The monoisotopic (exact) mass is 320 g/mol. The molecule has 0 heterocycles. The van der Waals surface area contributed by atoms with Crippen LogP contribution in [0, 0.1) is 48.8 Å². The van der Waals surface area contributed by atoms with E-state index in [1.165, 1.54) is 0 Å². The maximum atomic E-state index is 14.2. The molecule has 118 valence electrons. The highest BCUT2D eigenvalue weighted by molar-refractivity contribution is 5.87. The summed E-state index contributed by atoms with van der Waals surface area (Å²) in [7, 11) is 0. The summed E-state index contributed by atoms with van der Waals surface area (Å²) in [4.78, 5) is 0. The van der Waals surface area contributed by atoms with Crippen LogP contribution >= 0.6 is 0 Å². The molecule has 0 bridgehead atoms. The van der Waals surface area contributed by atoms with Gasteiger partial charge in [-0.25, -0.2) is 26.3 Å². The second-order valence-corrected chi connectivity index (χ2v) is 4.71. The van der Waals surface area contributed by atoms with Crippen molar-refractivity contribution in [2.45, 2.75) is 13.8 Å². The molecule has 0 saturated heterocycles. The SMILES string of the molecule is Cc1c(F)c(N)c(N)c(-c2c(F)c(C)c(F)c(F)c2F)c1F. The van der Waals surface area contributed by atoms with Crippen molar-refractivity contribution in [3.8, 4) is 11.1 Å².